The number of benzene rings is 3. The van der Waals surface area contributed by atoms with Crippen molar-refractivity contribution in [1.29, 1.82) is 0 Å². The number of nitrogens with one attached hydrogen (secondary N) is 1. The Morgan fingerprint density at radius 3 is 2.06 bits per heavy atom. The van der Waals surface area contributed by atoms with Crippen molar-refractivity contribution < 1.29 is 26.3 Å². The fourth-order valence-corrected chi connectivity index (χ4v) is 3.94. The van der Waals surface area contributed by atoms with E-state index in [2.05, 4.69) is 20.6 Å². The molecule has 0 aliphatic heterocycles. The number of fused-ring (bicyclic) bond motifs is 3. The highest BCUT2D eigenvalue weighted by atomic mass is 19.4. The maximum atomic E-state index is 13.3. The molecule has 0 saturated heterocycles. The molecule has 5 rings (SSSR count). The van der Waals surface area contributed by atoms with Gasteiger partial charge >= 0.3 is 12.4 Å². The number of rotatable bonds is 3. The first-order valence-corrected chi connectivity index (χ1v) is 9.64. The van der Waals surface area contributed by atoms with Crippen molar-refractivity contribution >= 4 is 21.8 Å². The van der Waals surface area contributed by atoms with Crippen LogP contribution in [0.25, 0.3) is 33.2 Å². The second-order valence-electron chi connectivity index (χ2n) is 7.48. The third-order valence-corrected chi connectivity index (χ3v) is 5.36. The number of tetrazole rings is 1. The Hall–Kier alpha value is -3.89. The first-order valence-electron chi connectivity index (χ1n) is 9.64. The van der Waals surface area contributed by atoms with Gasteiger partial charge in [-0.15, -0.1) is 10.2 Å². The van der Waals surface area contributed by atoms with E-state index in [1.54, 1.807) is 34.9 Å². The molecule has 1 N–H and O–H groups in total. The highest BCUT2D eigenvalue weighted by Gasteiger charge is 2.37. The zero-order valence-corrected chi connectivity index (χ0v) is 16.5. The van der Waals surface area contributed by atoms with Crippen LogP contribution in [-0.2, 0) is 18.9 Å². The van der Waals surface area contributed by atoms with Gasteiger partial charge in [0.1, 0.15) is 0 Å². The standard InChI is InChI=1S/C22H13F6N5/c23-21(24,25)14-7-12(8-15(10-14)22(26,27)28)11-33-18-4-2-1-3-16(18)17-9-13(5-6-19(17)33)20-29-31-32-30-20/h1-10H,11H2,(H,29,30,31,32). The van der Waals surface area contributed by atoms with Crippen LogP contribution in [0, 0.1) is 0 Å². The molecular formula is C22H13F6N5. The summed E-state index contributed by atoms with van der Waals surface area (Å²) in [4.78, 5) is 0. The van der Waals surface area contributed by atoms with Crippen molar-refractivity contribution in [2.24, 2.45) is 0 Å². The summed E-state index contributed by atoms with van der Waals surface area (Å²) in [5.41, 5.74) is -0.808. The lowest BCUT2D eigenvalue weighted by Gasteiger charge is -2.15. The quantitative estimate of drug-likeness (QED) is 0.332. The number of hydrogen-bond acceptors (Lipinski definition) is 3. The van der Waals surface area contributed by atoms with Crippen LogP contribution < -0.4 is 0 Å². The van der Waals surface area contributed by atoms with Crippen molar-refractivity contribution in [2.45, 2.75) is 18.9 Å². The van der Waals surface area contributed by atoms with Gasteiger partial charge in [-0.1, -0.05) is 18.2 Å². The molecule has 2 aromatic heterocycles. The molecule has 0 spiro atoms. The van der Waals surface area contributed by atoms with Crippen LogP contribution in [0.4, 0.5) is 26.3 Å². The molecule has 0 aliphatic rings. The van der Waals surface area contributed by atoms with Gasteiger partial charge < -0.3 is 4.57 Å². The van der Waals surface area contributed by atoms with Crippen LogP contribution in [0.3, 0.4) is 0 Å². The zero-order valence-electron chi connectivity index (χ0n) is 16.5. The minimum atomic E-state index is -4.91. The summed E-state index contributed by atoms with van der Waals surface area (Å²) in [6.07, 6.45) is -9.81. The maximum absolute atomic E-state index is 13.3. The van der Waals surface area contributed by atoms with Gasteiger partial charge in [0, 0.05) is 33.9 Å². The smallest absolute Gasteiger partial charge is 0.336 e. The molecule has 0 radical (unpaired) electrons. The second-order valence-corrected chi connectivity index (χ2v) is 7.48. The van der Waals surface area contributed by atoms with Gasteiger partial charge in [-0.2, -0.15) is 31.6 Å². The molecule has 3 aromatic carbocycles. The minimum absolute atomic E-state index is 0.109. The van der Waals surface area contributed by atoms with Crippen LogP contribution in [0.5, 0.6) is 0 Å². The van der Waals surface area contributed by atoms with Crippen molar-refractivity contribution in [3.63, 3.8) is 0 Å². The fraction of sp³-hybridized carbons (Fsp3) is 0.136. The molecule has 2 heterocycles. The van der Waals surface area contributed by atoms with Crippen LogP contribution >= 0.6 is 0 Å². The van der Waals surface area contributed by atoms with Crippen LogP contribution in [0.2, 0.25) is 0 Å². The van der Waals surface area contributed by atoms with Gasteiger partial charge in [-0.05, 0) is 53.2 Å². The lowest BCUT2D eigenvalue weighted by Crippen LogP contribution is -2.12. The van der Waals surface area contributed by atoms with E-state index in [4.69, 9.17) is 0 Å². The predicted molar refractivity (Wildman–Crippen MR) is 108 cm³/mol. The van der Waals surface area contributed by atoms with E-state index >= 15 is 0 Å². The molecule has 5 nitrogen and oxygen atoms in total. The molecule has 0 unspecified atom stereocenters. The molecule has 0 amide bonds. The number of nitrogens with zero attached hydrogens (tertiary/aromatic N) is 4. The topological polar surface area (TPSA) is 59.4 Å². The van der Waals surface area contributed by atoms with E-state index in [1.807, 2.05) is 12.1 Å². The number of H-pyrrole nitrogens is 1. The minimum Gasteiger partial charge on any atom is -0.336 e. The molecule has 33 heavy (non-hydrogen) atoms. The predicted octanol–water partition coefficient (Wildman–Crippen LogP) is 6.06. The van der Waals surface area contributed by atoms with E-state index < -0.39 is 23.5 Å². The van der Waals surface area contributed by atoms with E-state index in [0.717, 1.165) is 22.9 Å². The third kappa shape index (κ3) is 3.79. The van der Waals surface area contributed by atoms with Gasteiger partial charge in [-0.3, -0.25) is 0 Å². The Labute approximate surface area is 181 Å². The van der Waals surface area contributed by atoms with Crippen LogP contribution in [0.1, 0.15) is 16.7 Å². The Morgan fingerprint density at radius 2 is 1.42 bits per heavy atom. The average Bonchev–Trinajstić information content (AvgIpc) is 3.40. The van der Waals surface area contributed by atoms with Crippen LogP contribution in [0.15, 0.2) is 60.7 Å². The second kappa shape index (κ2) is 7.32. The fourth-order valence-electron chi connectivity index (χ4n) is 3.94. The van der Waals surface area contributed by atoms with E-state index in [1.165, 1.54) is 0 Å². The monoisotopic (exact) mass is 461 g/mol. The summed E-state index contributed by atoms with van der Waals surface area (Å²) in [5, 5.41) is 15.3. The van der Waals surface area contributed by atoms with Gasteiger partial charge in [0.15, 0.2) is 0 Å². The summed E-state index contributed by atoms with van der Waals surface area (Å²) in [6.45, 7) is -0.182. The van der Waals surface area contributed by atoms with E-state index in [0.29, 0.717) is 22.4 Å². The first-order chi connectivity index (χ1) is 15.6. The Bertz CT molecular complexity index is 1430. The Morgan fingerprint density at radius 1 is 0.758 bits per heavy atom. The van der Waals surface area contributed by atoms with E-state index in [-0.39, 0.29) is 18.2 Å². The van der Waals surface area contributed by atoms with Gasteiger partial charge in [0.25, 0.3) is 0 Å². The molecule has 168 valence electrons. The first kappa shape index (κ1) is 21.0. The van der Waals surface area contributed by atoms with Crippen molar-refractivity contribution in [1.82, 2.24) is 25.2 Å². The molecule has 0 saturated carbocycles. The SMILES string of the molecule is FC(F)(F)c1cc(Cn2c3ccccc3c3cc(-c4nn[nH]n4)ccc32)cc(C(F)(F)F)c1. The van der Waals surface area contributed by atoms with Gasteiger partial charge in [-0.25, -0.2) is 0 Å². The van der Waals surface area contributed by atoms with Gasteiger partial charge in [0.05, 0.1) is 11.1 Å². The number of aromatic nitrogens is 5. The van der Waals surface area contributed by atoms with Crippen molar-refractivity contribution in [3.05, 3.63) is 77.4 Å². The summed E-state index contributed by atoms with van der Waals surface area (Å²) in [5.74, 6) is 0.362. The Balaban J connectivity index is 1.69. The van der Waals surface area contributed by atoms with Crippen molar-refractivity contribution in [2.75, 3.05) is 0 Å². The molecule has 0 aliphatic carbocycles. The van der Waals surface area contributed by atoms with Crippen molar-refractivity contribution in [3.8, 4) is 11.4 Å². The molecule has 0 atom stereocenters. The summed E-state index contributed by atoms with van der Waals surface area (Å²) >= 11 is 0. The maximum Gasteiger partial charge on any atom is 0.416 e. The molecule has 5 aromatic rings. The number of alkyl halides is 6. The molecule has 0 bridgehead atoms. The summed E-state index contributed by atoms with van der Waals surface area (Å²) < 4.78 is 81.5. The van der Waals surface area contributed by atoms with Crippen LogP contribution in [-0.4, -0.2) is 25.2 Å². The van der Waals surface area contributed by atoms with Gasteiger partial charge in [0.2, 0.25) is 5.82 Å². The lowest BCUT2D eigenvalue weighted by molar-refractivity contribution is -0.143. The average molecular weight is 461 g/mol. The molecular weight excluding hydrogens is 448 g/mol. The normalized spacial score (nSPS) is 12.7. The highest BCUT2D eigenvalue weighted by molar-refractivity contribution is 6.09. The number of aromatic amines is 1. The summed E-state index contributed by atoms with van der Waals surface area (Å²) in [7, 11) is 0. The highest BCUT2D eigenvalue weighted by Crippen LogP contribution is 2.38. The number of halogens is 6. The molecule has 11 heteroatoms. The zero-order chi connectivity index (χ0) is 23.4. The van der Waals surface area contributed by atoms with E-state index in [9.17, 15) is 26.3 Å². The Kier molecular flexibility index (Phi) is 4.66. The lowest BCUT2D eigenvalue weighted by atomic mass is 10.0. The summed E-state index contributed by atoms with van der Waals surface area (Å²) in [6, 6.07) is 14.1. The molecule has 0 fully saturated rings. The number of para-hydroxylation sites is 1. The number of hydrogen-bond donors (Lipinski definition) is 1. The largest absolute Gasteiger partial charge is 0.416 e. The third-order valence-electron chi connectivity index (χ3n) is 5.36.